The standard InChI is InChI=1S/C16H16N2O4/c1-11(19)14-4-3-13(9-15(14)21-2)18-16(20)22-10-12-5-7-17-8-6-12/h3-9H,10H2,1-2H3,(H,18,20). The quantitative estimate of drug-likeness (QED) is 0.859. The third-order valence-electron chi connectivity index (χ3n) is 2.95. The van der Waals surface area contributed by atoms with Gasteiger partial charge in [-0.15, -0.1) is 0 Å². The molecule has 0 saturated heterocycles. The molecule has 1 heterocycles. The number of methoxy groups -OCH3 is 1. The summed E-state index contributed by atoms with van der Waals surface area (Å²) in [6.07, 6.45) is 2.67. The van der Waals surface area contributed by atoms with Crippen molar-refractivity contribution in [2.75, 3.05) is 12.4 Å². The lowest BCUT2D eigenvalue weighted by molar-refractivity contribution is 0.101. The molecule has 2 rings (SSSR count). The average molecular weight is 300 g/mol. The van der Waals surface area contributed by atoms with Crippen LogP contribution in [0.2, 0.25) is 0 Å². The van der Waals surface area contributed by atoms with Crippen molar-refractivity contribution in [1.82, 2.24) is 4.98 Å². The molecule has 1 amide bonds. The number of anilines is 1. The summed E-state index contributed by atoms with van der Waals surface area (Å²) in [7, 11) is 1.47. The number of ether oxygens (including phenoxy) is 2. The minimum atomic E-state index is -0.588. The largest absolute Gasteiger partial charge is 0.496 e. The van der Waals surface area contributed by atoms with E-state index in [1.165, 1.54) is 14.0 Å². The van der Waals surface area contributed by atoms with Gasteiger partial charge in [0.25, 0.3) is 0 Å². The zero-order chi connectivity index (χ0) is 15.9. The van der Waals surface area contributed by atoms with Crippen molar-refractivity contribution in [3.63, 3.8) is 0 Å². The Morgan fingerprint density at radius 2 is 1.91 bits per heavy atom. The Labute approximate surface area is 128 Å². The molecule has 1 aromatic carbocycles. The van der Waals surface area contributed by atoms with Gasteiger partial charge < -0.3 is 9.47 Å². The van der Waals surface area contributed by atoms with E-state index in [0.29, 0.717) is 17.0 Å². The Bertz CT molecular complexity index is 671. The van der Waals surface area contributed by atoms with Gasteiger partial charge in [0.15, 0.2) is 5.78 Å². The second kappa shape index (κ2) is 7.21. The van der Waals surface area contributed by atoms with Gasteiger partial charge in [0.05, 0.1) is 12.7 Å². The van der Waals surface area contributed by atoms with E-state index in [4.69, 9.17) is 9.47 Å². The maximum Gasteiger partial charge on any atom is 0.411 e. The van der Waals surface area contributed by atoms with E-state index < -0.39 is 6.09 Å². The number of hydrogen-bond acceptors (Lipinski definition) is 5. The number of Topliss-reactive ketones (excluding diaryl/α,β-unsaturated/α-hetero) is 1. The Hall–Kier alpha value is -2.89. The fourth-order valence-electron chi connectivity index (χ4n) is 1.84. The average Bonchev–Trinajstić information content (AvgIpc) is 2.53. The van der Waals surface area contributed by atoms with Crippen molar-refractivity contribution < 1.29 is 19.1 Å². The van der Waals surface area contributed by atoms with Gasteiger partial charge in [0.1, 0.15) is 12.4 Å². The number of carbonyl (C=O) groups is 2. The molecule has 2 aromatic rings. The Balaban J connectivity index is 1.98. The van der Waals surface area contributed by atoms with Gasteiger partial charge in [-0.2, -0.15) is 0 Å². The first-order valence-corrected chi connectivity index (χ1v) is 6.62. The van der Waals surface area contributed by atoms with E-state index in [-0.39, 0.29) is 12.4 Å². The number of ketones is 1. The highest BCUT2D eigenvalue weighted by atomic mass is 16.5. The molecule has 114 valence electrons. The molecule has 22 heavy (non-hydrogen) atoms. The molecule has 1 aromatic heterocycles. The molecular formula is C16H16N2O4. The number of nitrogens with zero attached hydrogens (tertiary/aromatic N) is 1. The number of pyridine rings is 1. The molecular weight excluding hydrogens is 284 g/mol. The number of nitrogens with one attached hydrogen (secondary N) is 1. The van der Waals surface area contributed by atoms with Crippen molar-refractivity contribution in [1.29, 1.82) is 0 Å². The second-order valence-electron chi connectivity index (χ2n) is 4.53. The van der Waals surface area contributed by atoms with Crippen LogP contribution in [0.3, 0.4) is 0 Å². The Morgan fingerprint density at radius 1 is 1.18 bits per heavy atom. The predicted octanol–water partition coefficient (Wildman–Crippen LogP) is 3.04. The van der Waals surface area contributed by atoms with Crippen LogP contribution in [0.1, 0.15) is 22.8 Å². The number of rotatable bonds is 5. The summed E-state index contributed by atoms with van der Waals surface area (Å²) in [6, 6.07) is 8.31. The van der Waals surface area contributed by atoms with Crippen molar-refractivity contribution >= 4 is 17.6 Å². The zero-order valence-electron chi connectivity index (χ0n) is 12.3. The van der Waals surface area contributed by atoms with E-state index in [9.17, 15) is 9.59 Å². The summed E-state index contributed by atoms with van der Waals surface area (Å²) >= 11 is 0. The Morgan fingerprint density at radius 3 is 2.55 bits per heavy atom. The van der Waals surface area contributed by atoms with Crippen molar-refractivity contribution in [3.8, 4) is 5.75 Å². The maximum atomic E-state index is 11.7. The van der Waals surface area contributed by atoms with Crippen LogP contribution in [0.4, 0.5) is 10.5 Å². The van der Waals surface area contributed by atoms with Crippen LogP contribution in [0, 0.1) is 0 Å². The van der Waals surface area contributed by atoms with E-state index >= 15 is 0 Å². The van der Waals surface area contributed by atoms with E-state index in [1.54, 1.807) is 42.7 Å². The topological polar surface area (TPSA) is 77.5 Å². The number of carbonyl (C=O) groups excluding carboxylic acids is 2. The molecule has 0 unspecified atom stereocenters. The van der Waals surface area contributed by atoms with Crippen LogP contribution in [0.25, 0.3) is 0 Å². The molecule has 0 spiro atoms. The van der Waals surface area contributed by atoms with E-state index in [1.807, 2.05) is 0 Å². The maximum absolute atomic E-state index is 11.7. The molecule has 0 aliphatic carbocycles. The van der Waals surface area contributed by atoms with Gasteiger partial charge in [-0.05, 0) is 36.8 Å². The van der Waals surface area contributed by atoms with Crippen molar-refractivity contribution in [3.05, 3.63) is 53.9 Å². The fourth-order valence-corrected chi connectivity index (χ4v) is 1.84. The van der Waals surface area contributed by atoms with E-state index in [0.717, 1.165) is 5.56 Å². The molecule has 0 saturated carbocycles. The van der Waals surface area contributed by atoms with Crippen LogP contribution >= 0.6 is 0 Å². The molecule has 0 radical (unpaired) electrons. The zero-order valence-corrected chi connectivity index (χ0v) is 12.3. The van der Waals surface area contributed by atoms with Gasteiger partial charge in [-0.1, -0.05) is 0 Å². The number of amides is 1. The van der Waals surface area contributed by atoms with Crippen LogP contribution in [0.5, 0.6) is 5.75 Å². The molecule has 6 heteroatoms. The van der Waals surface area contributed by atoms with Crippen LogP contribution in [-0.2, 0) is 11.3 Å². The molecule has 6 nitrogen and oxygen atoms in total. The lowest BCUT2D eigenvalue weighted by atomic mass is 10.1. The highest BCUT2D eigenvalue weighted by Crippen LogP contribution is 2.23. The third-order valence-corrected chi connectivity index (χ3v) is 2.95. The Kier molecular flexibility index (Phi) is 5.08. The summed E-state index contributed by atoms with van der Waals surface area (Å²) in [4.78, 5) is 27.1. The van der Waals surface area contributed by atoms with Gasteiger partial charge in [0.2, 0.25) is 0 Å². The second-order valence-corrected chi connectivity index (χ2v) is 4.53. The van der Waals surface area contributed by atoms with Crippen LogP contribution in [0.15, 0.2) is 42.7 Å². The summed E-state index contributed by atoms with van der Waals surface area (Å²) in [5.41, 5.74) is 1.79. The van der Waals surface area contributed by atoms with Gasteiger partial charge in [-0.3, -0.25) is 15.1 Å². The summed E-state index contributed by atoms with van der Waals surface area (Å²) in [5, 5.41) is 2.58. The summed E-state index contributed by atoms with van der Waals surface area (Å²) < 4.78 is 10.2. The molecule has 0 fully saturated rings. The normalized spacial score (nSPS) is 9.91. The smallest absolute Gasteiger partial charge is 0.411 e. The number of hydrogen-bond donors (Lipinski definition) is 1. The SMILES string of the molecule is COc1cc(NC(=O)OCc2ccncc2)ccc1C(C)=O. The summed E-state index contributed by atoms with van der Waals surface area (Å²) in [5.74, 6) is 0.295. The van der Waals surface area contributed by atoms with Gasteiger partial charge in [-0.25, -0.2) is 4.79 Å². The fraction of sp³-hybridized carbons (Fsp3) is 0.188. The molecule has 0 bridgehead atoms. The van der Waals surface area contributed by atoms with Crippen molar-refractivity contribution in [2.24, 2.45) is 0 Å². The van der Waals surface area contributed by atoms with Crippen molar-refractivity contribution in [2.45, 2.75) is 13.5 Å². The van der Waals surface area contributed by atoms with Gasteiger partial charge >= 0.3 is 6.09 Å². The minimum absolute atomic E-state index is 0.108. The third kappa shape index (κ3) is 4.05. The number of aromatic nitrogens is 1. The predicted molar refractivity (Wildman–Crippen MR) is 81.0 cm³/mol. The summed E-state index contributed by atoms with van der Waals surface area (Å²) in [6.45, 7) is 1.60. The lowest BCUT2D eigenvalue weighted by Crippen LogP contribution is -2.13. The van der Waals surface area contributed by atoms with Crippen LogP contribution in [-0.4, -0.2) is 24.0 Å². The van der Waals surface area contributed by atoms with E-state index in [2.05, 4.69) is 10.3 Å². The highest BCUT2D eigenvalue weighted by molar-refractivity contribution is 5.98. The molecule has 0 atom stereocenters. The first kappa shape index (κ1) is 15.5. The minimum Gasteiger partial charge on any atom is -0.496 e. The molecule has 0 aliphatic rings. The molecule has 0 aliphatic heterocycles. The first-order valence-electron chi connectivity index (χ1n) is 6.62. The monoisotopic (exact) mass is 300 g/mol. The lowest BCUT2D eigenvalue weighted by Gasteiger charge is -2.10. The first-order chi connectivity index (χ1) is 10.6. The number of benzene rings is 1. The van der Waals surface area contributed by atoms with Crippen LogP contribution < -0.4 is 10.1 Å². The molecule has 1 N–H and O–H groups in total. The van der Waals surface area contributed by atoms with Gasteiger partial charge in [0, 0.05) is 24.1 Å². The highest BCUT2D eigenvalue weighted by Gasteiger charge is 2.10.